The minimum Gasteiger partial charge on any atom is -0.381 e. The number of ether oxygens (including phenoxy) is 1. The van der Waals surface area contributed by atoms with Gasteiger partial charge in [0.1, 0.15) is 0 Å². The molecule has 1 saturated heterocycles. The monoisotopic (exact) mass is 182 g/mol. The van der Waals surface area contributed by atoms with Crippen molar-refractivity contribution in [2.24, 2.45) is 11.7 Å². The van der Waals surface area contributed by atoms with Crippen molar-refractivity contribution in [2.75, 3.05) is 26.3 Å². The van der Waals surface area contributed by atoms with Crippen LogP contribution >= 0.6 is 0 Å². The standard InChI is InChI=1S/C10H18N2O/c1-3-5-12-10(2,8-11)9-4-6-13-7-9/h1,9,12H,4-8,11H2,2H3. The van der Waals surface area contributed by atoms with E-state index in [9.17, 15) is 0 Å². The summed E-state index contributed by atoms with van der Waals surface area (Å²) in [6, 6.07) is 0. The molecule has 0 amide bonds. The second-order valence-electron chi connectivity index (χ2n) is 3.74. The molecule has 0 aliphatic carbocycles. The number of rotatable bonds is 4. The smallest absolute Gasteiger partial charge is 0.0578 e. The van der Waals surface area contributed by atoms with Crippen LogP contribution in [0.1, 0.15) is 13.3 Å². The van der Waals surface area contributed by atoms with Crippen molar-refractivity contribution in [3.05, 3.63) is 0 Å². The number of nitrogens with two attached hydrogens (primary N) is 1. The lowest BCUT2D eigenvalue weighted by Gasteiger charge is -2.34. The first-order valence-corrected chi connectivity index (χ1v) is 4.69. The number of terminal acetylenes is 1. The van der Waals surface area contributed by atoms with Crippen LogP contribution in [-0.2, 0) is 4.74 Å². The minimum atomic E-state index is -0.0666. The Balaban J connectivity index is 2.51. The van der Waals surface area contributed by atoms with E-state index in [0.29, 0.717) is 19.0 Å². The molecule has 0 bridgehead atoms. The van der Waals surface area contributed by atoms with Gasteiger partial charge in [-0.25, -0.2) is 0 Å². The van der Waals surface area contributed by atoms with Gasteiger partial charge in [-0.05, 0) is 13.3 Å². The van der Waals surface area contributed by atoms with Gasteiger partial charge in [0, 0.05) is 24.6 Å². The molecule has 0 aromatic heterocycles. The second-order valence-corrected chi connectivity index (χ2v) is 3.74. The average molecular weight is 182 g/mol. The van der Waals surface area contributed by atoms with Crippen LogP contribution in [0.5, 0.6) is 0 Å². The van der Waals surface area contributed by atoms with E-state index in [-0.39, 0.29) is 5.54 Å². The van der Waals surface area contributed by atoms with Gasteiger partial charge in [-0.3, -0.25) is 5.32 Å². The maximum atomic E-state index is 5.74. The predicted molar refractivity (Wildman–Crippen MR) is 53.2 cm³/mol. The van der Waals surface area contributed by atoms with Crippen LogP contribution in [0.25, 0.3) is 0 Å². The van der Waals surface area contributed by atoms with Gasteiger partial charge in [-0.15, -0.1) is 6.42 Å². The van der Waals surface area contributed by atoms with Gasteiger partial charge in [-0.1, -0.05) is 5.92 Å². The maximum Gasteiger partial charge on any atom is 0.0578 e. The molecule has 3 N–H and O–H groups in total. The van der Waals surface area contributed by atoms with Crippen molar-refractivity contribution in [1.82, 2.24) is 5.32 Å². The third-order valence-corrected chi connectivity index (χ3v) is 2.85. The van der Waals surface area contributed by atoms with Crippen molar-refractivity contribution in [3.8, 4) is 12.3 Å². The second kappa shape index (κ2) is 4.61. The summed E-state index contributed by atoms with van der Waals surface area (Å²) in [5, 5.41) is 3.30. The zero-order chi connectivity index (χ0) is 9.73. The van der Waals surface area contributed by atoms with Crippen LogP contribution in [0, 0.1) is 18.3 Å². The van der Waals surface area contributed by atoms with E-state index in [4.69, 9.17) is 16.9 Å². The third kappa shape index (κ3) is 2.44. The first kappa shape index (κ1) is 10.5. The summed E-state index contributed by atoms with van der Waals surface area (Å²) < 4.78 is 5.34. The van der Waals surface area contributed by atoms with Crippen LogP contribution in [0.3, 0.4) is 0 Å². The Morgan fingerprint density at radius 3 is 3.00 bits per heavy atom. The fourth-order valence-electron chi connectivity index (χ4n) is 1.67. The van der Waals surface area contributed by atoms with Gasteiger partial charge in [0.05, 0.1) is 13.2 Å². The summed E-state index contributed by atoms with van der Waals surface area (Å²) in [6.45, 7) is 4.93. The number of nitrogens with one attached hydrogen (secondary N) is 1. The van der Waals surface area contributed by atoms with Gasteiger partial charge >= 0.3 is 0 Å². The van der Waals surface area contributed by atoms with Crippen molar-refractivity contribution in [3.63, 3.8) is 0 Å². The van der Waals surface area contributed by atoms with Crippen molar-refractivity contribution >= 4 is 0 Å². The lowest BCUT2D eigenvalue weighted by atomic mass is 9.85. The third-order valence-electron chi connectivity index (χ3n) is 2.85. The molecule has 1 heterocycles. The molecule has 0 spiro atoms. The Morgan fingerprint density at radius 2 is 2.54 bits per heavy atom. The molecule has 2 unspecified atom stereocenters. The molecule has 1 aliphatic rings. The quantitative estimate of drug-likeness (QED) is 0.600. The molecule has 1 rings (SSSR count). The highest BCUT2D eigenvalue weighted by Crippen LogP contribution is 2.24. The zero-order valence-corrected chi connectivity index (χ0v) is 8.18. The highest BCUT2D eigenvalue weighted by molar-refractivity contribution is 4.97. The molecule has 1 aliphatic heterocycles. The van der Waals surface area contributed by atoms with Gasteiger partial charge in [0.25, 0.3) is 0 Å². The Kier molecular flexibility index (Phi) is 3.73. The van der Waals surface area contributed by atoms with Crippen molar-refractivity contribution in [1.29, 1.82) is 0 Å². The Hall–Kier alpha value is -0.560. The van der Waals surface area contributed by atoms with Crippen LogP contribution < -0.4 is 11.1 Å². The topological polar surface area (TPSA) is 47.3 Å². The molecule has 0 saturated carbocycles. The number of hydrogen-bond acceptors (Lipinski definition) is 3. The molecule has 0 aromatic carbocycles. The summed E-state index contributed by atoms with van der Waals surface area (Å²) in [7, 11) is 0. The van der Waals surface area contributed by atoms with E-state index >= 15 is 0 Å². The van der Waals surface area contributed by atoms with Gasteiger partial charge in [-0.2, -0.15) is 0 Å². The van der Waals surface area contributed by atoms with E-state index in [0.717, 1.165) is 19.6 Å². The molecule has 1 fully saturated rings. The molecular weight excluding hydrogens is 164 g/mol. The SMILES string of the molecule is C#CCNC(C)(CN)C1CCOC1. The Morgan fingerprint density at radius 1 is 1.77 bits per heavy atom. The molecule has 2 atom stereocenters. The summed E-state index contributed by atoms with van der Waals surface area (Å²) >= 11 is 0. The van der Waals surface area contributed by atoms with Crippen molar-refractivity contribution < 1.29 is 4.74 Å². The van der Waals surface area contributed by atoms with Crippen LogP contribution in [0.15, 0.2) is 0 Å². The average Bonchev–Trinajstić information content (AvgIpc) is 2.67. The zero-order valence-electron chi connectivity index (χ0n) is 8.18. The highest BCUT2D eigenvalue weighted by Gasteiger charge is 2.34. The summed E-state index contributed by atoms with van der Waals surface area (Å²) in [6.07, 6.45) is 6.28. The predicted octanol–water partition coefficient (Wildman–Crippen LogP) is -0.0369. The normalized spacial score (nSPS) is 26.7. The molecular formula is C10H18N2O. The molecule has 74 valence electrons. The summed E-state index contributed by atoms with van der Waals surface area (Å²) in [5.41, 5.74) is 5.67. The van der Waals surface area contributed by atoms with Gasteiger partial charge in [0.2, 0.25) is 0 Å². The molecule has 3 heteroatoms. The molecule has 13 heavy (non-hydrogen) atoms. The number of hydrogen-bond donors (Lipinski definition) is 2. The van der Waals surface area contributed by atoms with Gasteiger partial charge < -0.3 is 10.5 Å². The Bertz CT molecular complexity index is 194. The highest BCUT2D eigenvalue weighted by atomic mass is 16.5. The largest absolute Gasteiger partial charge is 0.381 e. The van der Waals surface area contributed by atoms with E-state index in [1.165, 1.54) is 0 Å². The van der Waals surface area contributed by atoms with E-state index in [1.807, 2.05) is 0 Å². The Labute approximate surface area is 80.0 Å². The molecule has 3 nitrogen and oxygen atoms in total. The minimum absolute atomic E-state index is 0.0666. The molecule has 0 aromatic rings. The lowest BCUT2D eigenvalue weighted by Crippen LogP contribution is -2.54. The van der Waals surface area contributed by atoms with E-state index in [2.05, 4.69) is 18.2 Å². The fourth-order valence-corrected chi connectivity index (χ4v) is 1.67. The van der Waals surface area contributed by atoms with E-state index in [1.54, 1.807) is 0 Å². The summed E-state index contributed by atoms with van der Waals surface area (Å²) in [4.78, 5) is 0. The van der Waals surface area contributed by atoms with E-state index < -0.39 is 0 Å². The maximum absolute atomic E-state index is 5.74. The van der Waals surface area contributed by atoms with Crippen LogP contribution in [-0.4, -0.2) is 31.8 Å². The van der Waals surface area contributed by atoms with Gasteiger partial charge in [0.15, 0.2) is 0 Å². The summed E-state index contributed by atoms with van der Waals surface area (Å²) in [5.74, 6) is 3.07. The fraction of sp³-hybridized carbons (Fsp3) is 0.800. The van der Waals surface area contributed by atoms with Crippen molar-refractivity contribution in [2.45, 2.75) is 18.9 Å². The first-order chi connectivity index (χ1) is 6.23. The van der Waals surface area contributed by atoms with Crippen LogP contribution in [0.2, 0.25) is 0 Å². The van der Waals surface area contributed by atoms with Crippen LogP contribution in [0.4, 0.5) is 0 Å². The first-order valence-electron chi connectivity index (χ1n) is 4.69. The lowest BCUT2D eigenvalue weighted by molar-refractivity contribution is 0.157. The molecule has 0 radical (unpaired) electrons.